The largest absolute Gasteiger partial charge is 0.351 e. The normalized spacial score (nSPS) is 10.3. The fourth-order valence-corrected chi connectivity index (χ4v) is 2.17. The minimum absolute atomic E-state index is 0.161. The van der Waals surface area contributed by atoms with Crippen LogP contribution in [0, 0.1) is 6.92 Å². The molecule has 0 aliphatic rings. The van der Waals surface area contributed by atoms with Crippen molar-refractivity contribution in [2.45, 2.75) is 27.2 Å². The van der Waals surface area contributed by atoms with E-state index in [4.69, 9.17) is 0 Å². The number of benzene rings is 1. The van der Waals surface area contributed by atoms with Gasteiger partial charge in [-0.3, -0.25) is 4.79 Å². The van der Waals surface area contributed by atoms with Gasteiger partial charge in [0.05, 0.1) is 0 Å². The third-order valence-electron chi connectivity index (χ3n) is 3.28. The maximum absolute atomic E-state index is 12.0. The molecule has 0 aliphatic carbocycles. The van der Waals surface area contributed by atoms with Crippen LogP contribution >= 0.6 is 0 Å². The molecule has 0 fully saturated rings. The van der Waals surface area contributed by atoms with Gasteiger partial charge in [0.15, 0.2) is 0 Å². The lowest BCUT2D eigenvalue weighted by Gasteiger charge is -2.21. The number of amides is 1. The summed E-state index contributed by atoms with van der Waals surface area (Å²) in [5.41, 5.74) is 2.59. The average Bonchev–Trinajstić information content (AvgIpc) is 2.54. The molecule has 0 aliphatic heterocycles. The van der Waals surface area contributed by atoms with E-state index in [1.807, 2.05) is 43.9 Å². The van der Waals surface area contributed by atoms with Gasteiger partial charge in [-0.25, -0.2) is 9.97 Å². The number of aromatic nitrogens is 2. The molecule has 1 N–H and O–H groups in total. The van der Waals surface area contributed by atoms with Crippen molar-refractivity contribution in [2.24, 2.45) is 0 Å². The Morgan fingerprint density at radius 3 is 2.77 bits per heavy atom. The van der Waals surface area contributed by atoms with Crippen LogP contribution in [0.1, 0.15) is 36.3 Å². The summed E-state index contributed by atoms with van der Waals surface area (Å²) >= 11 is 0. The number of carbonyl (C=O) groups excluding carboxylic acids is 1. The molecule has 1 heterocycles. The summed E-state index contributed by atoms with van der Waals surface area (Å²) in [6, 6.07) is 9.79. The first kappa shape index (κ1) is 15.9. The Morgan fingerprint density at radius 1 is 1.27 bits per heavy atom. The highest BCUT2D eigenvalue weighted by Gasteiger charge is 2.13. The van der Waals surface area contributed by atoms with Crippen LogP contribution in [0.3, 0.4) is 0 Å². The molecular formula is C17H22N4O. The van der Waals surface area contributed by atoms with E-state index in [1.54, 1.807) is 12.3 Å². The lowest BCUT2D eigenvalue weighted by Crippen LogP contribution is -2.26. The molecular weight excluding hydrogens is 276 g/mol. The van der Waals surface area contributed by atoms with Gasteiger partial charge in [-0.15, -0.1) is 0 Å². The van der Waals surface area contributed by atoms with Gasteiger partial charge in [0, 0.05) is 25.0 Å². The maximum atomic E-state index is 12.0. The smallest absolute Gasteiger partial charge is 0.270 e. The van der Waals surface area contributed by atoms with Crippen molar-refractivity contribution in [3.8, 4) is 0 Å². The van der Waals surface area contributed by atoms with Crippen LogP contribution in [0.15, 0.2) is 36.5 Å². The van der Waals surface area contributed by atoms with Crippen molar-refractivity contribution < 1.29 is 4.79 Å². The summed E-state index contributed by atoms with van der Waals surface area (Å²) in [5.74, 6) is 0.378. The number of hydrogen-bond acceptors (Lipinski definition) is 4. The summed E-state index contributed by atoms with van der Waals surface area (Å²) in [7, 11) is 0. The molecule has 0 bridgehead atoms. The fraction of sp³-hybridized carbons (Fsp3) is 0.353. The number of nitrogens with one attached hydrogen (secondary N) is 1. The van der Waals surface area contributed by atoms with Gasteiger partial charge < -0.3 is 10.2 Å². The van der Waals surface area contributed by atoms with Gasteiger partial charge in [-0.2, -0.15) is 0 Å². The molecule has 0 saturated carbocycles. The van der Waals surface area contributed by atoms with Crippen molar-refractivity contribution in [3.63, 3.8) is 0 Å². The van der Waals surface area contributed by atoms with Gasteiger partial charge in [0.25, 0.3) is 5.91 Å². The van der Waals surface area contributed by atoms with Crippen molar-refractivity contribution >= 4 is 17.5 Å². The van der Waals surface area contributed by atoms with Crippen LogP contribution in [-0.4, -0.2) is 29.0 Å². The molecule has 22 heavy (non-hydrogen) atoms. The Balaban J connectivity index is 2.28. The average molecular weight is 298 g/mol. The Kier molecular flexibility index (Phi) is 5.47. The number of carbonyl (C=O) groups is 1. The third kappa shape index (κ3) is 3.81. The van der Waals surface area contributed by atoms with Gasteiger partial charge in [-0.1, -0.05) is 19.1 Å². The highest BCUT2D eigenvalue weighted by atomic mass is 16.1. The molecule has 5 heteroatoms. The lowest BCUT2D eigenvalue weighted by molar-refractivity contribution is 0.0948. The van der Waals surface area contributed by atoms with Crippen LogP contribution in [-0.2, 0) is 0 Å². The van der Waals surface area contributed by atoms with E-state index in [1.165, 1.54) is 5.56 Å². The standard InChI is InChI=1S/C17H22N4O/c1-4-10-18-16(22)15-9-11-19-17(20-15)21(5-2)14-8-6-7-13(3)12-14/h6-9,11-12H,4-5,10H2,1-3H3,(H,18,22). The molecule has 2 aromatic rings. The first-order chi connectivity index (χ1) is 10.7. The molecule has 2 rings (SSSR count). The van der Waals surface area contributed by atoms with Crippen LogP contribution in [0.25, 0.3) is 0 Å². The number of nitrogens with zero attached hydrogens (tertiary/aromatic N) is 3. The molecule has 116 valence electrons. The summed E-state index contributed by atoms with van der Waals surface area (Å²) < 4.78 is 0. The third-order valence-corrected chi connectivity index (χ3v) is 3.28. The molecule has 5 nitrogen and oxygen atoms in total. The first-order valence-corrected chi connectivity index (χ1v) is 7.61. The summed E-state index contributed by atoms with van der Waals surface area (Å²) in [6.45, 7) is 7.47. The summed E-state index contributed by atoms with van der Waals surface area (Å²) in [6.07, 6.45) is 2.52. The monoisotopic (exact) mass is 298 g/mol. The molecule has 1 aromatic carbocycles. The fourth-order valence-electron chi connectivity index (χ4n) is 2.17. The second-order valence-corrected chi connectivity index (χ2v) is 5.08. The van der Waals surface area contributed by atoms with Crippen LogP contribution in [0.4, 0.5) is 11.6 Å². The molecule has 0 spiro atoms. The zero-order valence-corrected chi connectivity index (χ0v) is 13.3. The molecule has 1 amide bonds. The Morgan fingerprint density at radius 2 is 2.09 bits per heavy atom. The van der Waals surface area contributed by atoms with E-state index in [0.717, 1.165) is 18.7 Å². The minimum Gasteiger partial charge on any atom is -0.351 e. The van der Waals surface area contributed by atoms with Crippen molar-refractivity contribution in [3.05, 3.63) is 47.8 Å². The van der Waals surface area contributed by atoms with E-state index in [0.29, 0.717) is 18.2 Å². The molecule has 0 atom stereocenters. The van der Waals surface area contributed by atoms with Crippen molar-refractivity contribution in [1.82, 2.24) is 15.3 Å². The van der Waals surface area contributed by atoms with Crippen LogP contribution in [0.2, 0.25) is 0 Å². The first-order valence-electron chi connectivity index (χ1n) is 7.61. The van der Waals surface area contributed by atoms with Crippen LogP contribution < -0.4 is 10.2 Å². The molecule has 1 aromatic heterocycles. The Bertz CT molecular complexity index is 642. The molecule has 0 saturated heterocycles. The number of anilines is 2. The molecule has 0 radical (unpaired) electrons. The summed E-state index contributed by atoms with van der Waals surface area (Å²) in [4.78, 5) is 22.7. The number of hydrogen-bond donors (Lipinski definition) is 1. The van der Waals surface area contributed by atoms with E-state index >= 15 is 0 Å². The zero-order chi connectivity index (χ0) is 15.9. The Hall–Kier alpha value is -2.43. The topological polar surface area (TPSA) is 58.1 Å². The van der Waals surface area contributed by atoms with E-state index in [-0.39, 0.29) is 5.91 Å². The van der Waals surface area contributed by atoms with Gasteiger partial charge >= 0.3 is 0 Å². The lowest BCUT2D eigenvalue weighted by atomic mass is 10.2. The minimum atomic E-state index is -0.161. The van der Waals surface area contributed by atoms with Crippen LogP contribution in [0.5, 0.6) is 0 Å². The second-order valence-electron chi connectivity index (χ2n) is 5.08. The number of aryl methyl sites for hydroxylation is 1. The Labute approximate surface area is 131 Å². The summed E-state index contributed by atoms with van der Waals surface area (Å²) in [5, 5.41) is 2.83. The van der Waals surface area contributed by atoms with Gasteiger partial charge in [-0.05, 0) is 44.0 Å². The van der Waals surface area contributed by atoms with Crippen molar-refractivity contribution in [2.75, 3.05) is 18.0 Å². The van der Waals surface area contributed by atoms with Gasteiger partial charge in [0.2, 0.25) is 5.95 Å². The number of rotatable bonds is 6. The van der Waals surface area contributed by atoms with E-state index in [2.05, 4.69) is 21.4 Å². The maximum Gasteiger partial charge on any atom is 0.270 e. The quantitative estimate of drug-likeness (QED) is 0.890. The highest BCUT2D eigenvalue weighted by molar-refractivity contribution is 5.92. The predicted octanol–water partition coefficient (Wildman–Crippen LogP) is 3.08. The van der Waals surface area contributed by atoms with E-state index < -0.39 is 0 Å². The predicted molar refractivity (Wildman–Crippen MR) is 88.5 cm³/mol. The van der Waals surface area contributed by atoms with Gasteiger partial charge in [0.1, 0.15) is 5.69 Å². The van der Waals surface area contributed by atoms with E-state index in [9.17, 15) is 4.79 Å². The zero-order valence-electron chi connectivity index (χ0n) is 13.3. The van der Waals surface area contributed by atoms with Crippen molar-refractivity contribution in [1.29, 1.82) is 0 Å². The SMILES string of the molecule is CCCNC(=O)c1ccnc(N(CC)c2cccc(C)c2)n1. The second kappa shape index (κ2) is 7.54. The molecule has 0 unspecified atom stereocenters. The highest BCUT2D eigenvalue weighted by Crippen LogP contribution is 2.22.